The molecular weight excluding hydrogens is 487 g/mol. The van der Waals surface area contributed by atoms with E-state index in [9.17, 15) is 14.2 Å². The van der Waals surface area contributed by atoms with Gasteiger partial charge in [0.15, 0.2) is 6.23 Å². The molecule has 0 spiro atoms. The summed E-state index contributed by atoms with van der Waals surface area (Å²) in [4.78, 5) is 27.0. The number of nitrogen functional groups attached to an aromatic ring is 1. The van der Waals surface area contributed by atoms with E-state index < -0.39 is 42.7 Å². The Balaban J connectivity index is 1.85. The first-order chi connectivity index (χ1) is 15.9. The number of esters is 1. The van der Waals surface area contributed by atoms with Gasteiger partial charge in [0.1, 0.15) is 28.6 Å². The highest BCUT2D eigenvalue weighted by Gasteiger charge is 2.52. The second-order valence-electron chi connectivity index (χ2n) is 8.21. The molecule has 1 aromatic heterocycles. The van der Waals surface area contributed by atoms with Crippen LogP contribution in [0, 0.1) is 0 Å². The Morgan fingerprint density at radius 3 is 2.62 bits per heavy atom. The summed E-state index contributed by atoms with van der Waals surface area (Å²) in [6, 6.07) is 8.72. The standard InChI is InChI=1S/C21H28ClN4O7P/c1-13(2)31-18(27)14(3)25-34(29,32-15-8-6-5-7-9-15)33-16-12-30-19(21(16,4)22)26-11-10-17(23)24-20(26)28/h5-11,13-14,16,19H,12H2,1-4H3,(H,25,29)(H2,23,24,28)/t14-,16+,19+,21+,34?/m0/s1. The van der Waals surface area contributed by atoms with Crippen molar-refractivity contribution in [2.45, 2.75) is 57.0 Å². The maximum atomic E-state index is 13.8. The molecule has 1 fully saturated rings. The summed E-state index contributed by atoms with van der Waals surface area (Å²) in [7, 11) is -4.20. The zero-order chi connectivity index (χ0) is 25.1. The number of nitrogens with zero attached hydrogens (tertiary/aromatic N) is 2. The number of ether oxygens (including phenoxy) is 2. The summed E-state index contributed by atoms with van der Waals surface area (Å²) in [6.07, 6.45) is -0.956. The molecule has 11 nitrogen and oxygen atoms in total. The molecule has 3 rings (SSSR count). The Bertz CT molecular complexity index is 1110. The van der Waals surface area contributed by atoms with Gasteiger partial charge < -0.3 is 19.7 Å². The van der Waals surface area contributed by atoms with Gasteiger partial charge in [-0.3, -0.25) is 13.9 Å². The maximum Gasteiger partial charge on any atom is 0.459 e. The molecule has 2 heterocycles. The van der Waals surface area contributed by atoms with Crippen molar-refractivity contribution >= 4 is 31.1 Å². The summed E-state index contributed by atoms with van der Waals surface area (Å²) in [5.74, 6) is -0.340. The van der Waals surface area contributed by atoms with Crippen LogP contribution in [0.3, 0.4) is 0 Å². The van der Waals surface area contributed by atoms with Gasteiger partial charge in [0.2, 0.25) is 0 Å². The molecule has 3 N–H and O–H groups in total. The van der Waals surface area contributed by atoms with Crippen LogP contribution in [0.4, 0.5) is 5.82 Å². The first kappa shape index (κ1) is 26.2. The van der Waals surface area contributed by atoms with Crippen LogP contribution in [0.2, 0.25) is 0 Å². The predicted molar refractivity (Wildman–Crippen MR) is 126 cm³/mol. The summed E-state index contributed by atoms with van der Waals surface area (Å²) in [5.41, 5.74) is 4.89. The van der Waals surface area contributed by atoms with E-state index in [1.807, 2.05) is 0 Å². The van der Waals surface area contributed by atoms with Crippen LogP contribution in [-0.2, 0) is 23.4 Å². The largest absolute Gasteiger partial charge is 0.462 e. The molecule has 2 aromatic rings. The lowest BCUT2D eigenvalue weighted by molar-refractivity contribution is -0.149. The van der Waals surface area contributed by atoms with Crippen molar-refractivity contribution in [1.82, 2.24) is 14.6 Å². The smallest absolute Gasteiger partial charge is 0.459 e. The molecule has 0 aliphatic carbocycles. The van der Waals surface area contributed by atoms with Gasteiger partial charge in [-0.25, -0.2) is 9.36 Å². The van der Waals surface area contributed by atoms with Crippen LogP contribution in [0.15, 0.2) is 47.4 Å². The van der Waals surface area contributed by atoms with Crippen molar-refractivity contribution in [2.24, 2.45) is 0 Å². The minimum atomic E-state index is -4.20. The first-order valence-corrected chi connectivity index (χ1v) is 12.5. The number of nitrogens with two attached hydrogens (primary N) is 1. The fraction of sp³-hybridized carbons (Fsp3) is 0.476. The normalized spacial score (nSPS) is 25.0. The molecule has 186 valence electrons. The molecule has 1 aliphatic heterocycles. The minimum absolute atomic E-state index is 0.0514. The van der Waals surface area contributed by atoms with Crippen molar-refractivity contribution in [1.29, 1.82) is 0 Å². The third-order valence-corrected chi connectivity index (χ3v) is 7.03. The number of carbonyl (C=O) groups is 1. The second kappa shape index (κ2) is 10.5. The lowest BCUT2D eigenvalue weighted by Crippen LogP contribution is -2.43. The molecule has 1 unspecified atom stereocenters. The zero-order valence-corrected chi connectivity index (χ0v) is 20.9. The molecule has 0 saturated carbocycles. The second-order valence-corrected chi connectivity index (χ2v) is 10.7. The van der Waals surface area contributed by atoms with Gasteiger partial charge in [-0.15, -0.1) is 11.6 Å². The molecule has 0 amide bonds. The van der Waals surface area contributed by atoms with E-state index in [-0.39, 0.29) is 24.3 Å². The molecule has 34 heavy (non-hydrogen) atoms. The highest BCUT2D eigenvalue weighted by molar-refractivity contribution is 7.52. The Hall–Kier alpha value is -2.43. The van der Waals surface area contributed by atoms with Crippen LogP contribution in [0.25, 0.3) is 0 Å². The van der Waals surface area contributed by atoms with E-state index >= 15 is 0 Å². The molecule has 0 bridgehead atoms. The van der Waals surface area contributed by atoms with E-state index in [4.69, 9.17) is 35.9 Å². The molecule has 1 aliphatic rings. The molecule has 1 aromatic carbocycles. The fourth-order valence-corrected chi connectivity index (χ4v) is 5.33. The van der Waals surface area contributed by atoms with Gasteiger partial charge in [-0.1, -0.05) is 18.2 Å². The van der Waals surface area contributed by atoms with Gasteiger partial charge in [-0.2, -0.15) is 10.1 Å². The molecular formula is C21H28ClN4O7P. The van der Waals surface area contributed by atoms with Gasteiger partial charge in [0.25, 0.3) is 0 Å². The predicted octanol–water partition coefficient (Wildman–Crippen LogP) is 2.85. The van der Waals surface area contributed by atoms with Gasteiger partial charge in [0, 0.05) is 6.20 Å². The number of anilines is 1. The minimum Gasteiger partial charge on any atom is -0.462 e. The number of hydrogen-bond donors (Lipinski definition) is 2. The summed E-state index contributed by atoms with van der Waals surface area (Å²) >= 11 is 6.76. The van der Waals surface area contributed by atoms with E-state index in [2.05, 4.69) is 10.1 Å². The highest BCUT2D eigenvalue weighted by Crippen LogP contribution is 2.52. The number of benzene rings is 1. The van der Waals surface area contributed by atoms with Crippen molar-refractivity contribution in [3.8, 4) is 5.75 Å². The Kier molecular flexibility index (Phi) is 8.05. The number of aromatic nitrogens is 2. The zero-order valence-electron chi connectivity index (χ0n) is 19.2. The third kappa shape index (κ3) is 6.17. The van der Waals surface area contributed by atoms with Gasteiger partial charge in [0.05, 0.1) is 12.7 Å². The number of hydrogen-bond acceptors (Lipinski definition) is 9. The number of rotatable bonds is 9. The number of para-hydroxylation sites is 1. The van der Waals surface area contributed by atoms with Crippen LogP contribution in [0.1, 0.15) is 33.9 Å². The fourth-order valence-electron chi connectivity index (χ4n) is 3.24. The monoisotopic (exact) mass is 514 g/mol. The van der Waals surface area contributed by atoms with E-state index in [0.717, 1.165) is 0 Å². The first-order valence-electron chi connectivity index (χ1n) is 10.6. The molecule has 13 heteroatoms. The number of nitrogens with one attached hydrogen (secondary N) is 1. The number of halogens is 1. The third-order valence-electron chi connectivity index (χ3n) is 4.91. The molecule has 1 saturated heterocycles. The highest BCUT2D eigenvalue weighted by atomic mass is 35.5. The Labute approximate surface area is 202 Å². The maximum absolute atomic E-state index is 13.8. The SMILES string of the molecule is CC(C)OC(=O)[C@H](C)NP(=O)(Oc1ccccc1)O[C@@H]1CO[C@@H](n2ccc(N)nc2=O)[C@]1(C)Cl. The van der Waals surface area contributed by atoms with Crippen LogP contribution in [-0.4, -0.2) is 45.3 Å². The quantitative estimate of drug-likeness (QED) is 0.291. The summed E-state index contributed by atoms with van der Waals surface area (Å²) in [6.45, 7) is 6.33. The van der Waals surface area contributed by atoms with Crippen LogP contribution >= 0.6 is 19.3 Å². The van der Waals surface area contributed by atoms with Crippen molar-refractivity contribution < 1.29 is 27.9 Å². The van der Waals surface area contributed by atoms with Crippen molar-refractivity contribution in [3.05, 3.63) is 53.1 Å². The van der Waals surface area contributed by atoms with Gasteiger partial charge >= 0.3 is 19.4 Å². The molecule has 5 atom stereocenters. The van der Waals surface area contributed by atoms with Crippen molar-refractivity contribution in [3.63, 3.8) is 0 Å². The van der Waals surface area contributed by atoms with E-state index in [0.29, 0.717) is 0 Å². The number of carbonyl (C=O) groups excluding carboxylic acids is 1. The van der Waals surface area contributed by atoms with Crippen molar-refractivity contribution in [2.75, 3.05) is 12.3 Å². The average Bonchev–Trinajstić information content (AvgIpc) is 3.01. The Morgan fingerprint density at radius 1 is 1.32 bits per heavy atom. The van der Waals surface area contributed by atoms with E-state index in [1.54, 1.807) is 51.1 Å². The number of alkyl halides is 1. The van der Waals surface area contributed by atoms with E-state index in [1.165, 1.54) is 23.8 Å². The average molecular weight is 515 g/mol. The Morgan fingerprint density at radius 2 is 2.00 bits per heavy atom. The molecule has 0 radical (unpaired) electrons. The van der Waals surface area contributed by atoms with Gasteiger partial charge in [-0.05, 0) is 45.9 Å². The van der Waals surface area contributed by atoms with Crippen LogP contribution < -0.4 is 21.0 Å². The van der Waals surface area contributed by atoms with Crippen LogP contribution in [0.5, 0.6) is 5.75 Å². The topological polar surface area (TPSA) is 144 Å². The summed E-state index contributed by atoms with van der Waals surface area (Å²) in [5, 5.41) is 2.61. The lowest BCUT2D eigenvalue weighted by Gasteiger charge is -2.31. The lowest BCUT2D eigenvalue weighted by atomic mass is 10.1. The summed E-state index contributed by atoms with van der Waals surface area (Å²) < 4.78 is 37.4.